The van der Waals surface area contributed by atoms with Gasteiger partial charge in [0, 0.05) is 11.6 Å². The third-order valence-corrected chi connectivity index (χ3v) is 2.79. The number of hydrogen-bond donors (Lipinski definition) is 0. The molecule has 1 nitrogen and oxygen atoms in total. The van der Waals surface area contributed by atoms with Crippen LogP contribution in [-0.4, -0.2) is 4.98 Å². The van der Waals surface area contributed by atoms with Crippen molar-refractivity contribution in [1.82, 2.24) is 4.98 Å². The smallest absolute Gasteiger partial charge is 0.123 e. The summed E-state index contributed by atoms with van der Waals surface area (Å²) >= 11 is 0. The second-order valence-electron chi connectivity index (χ2n) is 3.89. The Labute approximate surface area is 98.6 Å². The summed E-state index contributed by atoms with van der Waals surface area (Å²) < 4.78 is 13.3. The summed E-state index contributed by atoms with van der Waals surface area (Å²) in [6.45, 7) is 0. The van der Waals surface area contributed by atoms with Gasteiger partial charge in [-0.2, -0.15) is 0 Å². The van der Waals surface area contributed by atoms with Gasteiger partial charge in [0.1, 0.15) is 5.82 Å². The van der Waals surface area contributed by atoms with Gasteiger partial charge in [-0.15, -0.1) is 0 Å². The van der Waals surface area contributed by atoms with E-state index in [1.165, 1.54) is 12.1 Å². The van der Waals surface area contributed by atoms with Crippen molar-refractivity contribution < 1.29 is 4.39 Å². The maximum absolute atomic E-state index is 13.3. The van der Waals surface area contributed by atoms with Crippen LogP contribution in [0.15, 0.2) is 60.8 Å². The molecule has 2 aromatic carbocycles. The first-order valence-corrected chi connectivity index (χ1v) is 5.44. The lowest BCUT2D eigenvalue weighted by atomic mass is 10.0. The van der Waals surface area contributed by atoms with Gasteiger partial charge < -0.3 is 0 Å². The van der Waals surface area contributed by atoms with Gasteiger partial charge in [0.15, 0.2) is 0 Å². The number of hydrogen-bond acceptors (Lipinski definition) is 1. The molecule has 0 aliphatic rings. The van der Waals surface area contributed by atoms with E-state index in [-0.39, 0.29) is 5.82 Å². The van der Waals surface area contributed by atoms with E-state index in [4.69, 9.17) is 0 Å². The van der Waals surface area contributed by atoms with Crippen LogP contribution in [0.5, 0.6) is 0 Å². The lowest BCUT2D eigenvalue weighted by Gasteiger charge is -2.06. The first-order chi connectivity index (χ1) is 8.34. The molecule has 0 unspecified atom stereocenters. The van der Waals surface area contributed by atoms with E-state index < -0.39 is 0 Å². The van der Waals surface area contributed by atoms with Crippen LogP contribution < -0.4 is 0 Å². The highest BCUT2D eigenvalue weighted by Gasteiger charge is 2.04. The van der Waals surface area contributed by atoms with Crippen LogP contribution in [0, 0.1) is 5.82 Å². The van der Waals surface area contributed by atoms with Crippen LogP contribution in [0.1, 0.15) is 0 Å². The Hall–Kier alpha value is -2.22. The zero-order valence-corrected chi connectivity index (χ0v) is 9.10. The van der Waals surface area contributed by atoms with Crippen LogP contribution in [0.25, 0.3) is 22.0 Å². The maximum Gasteiger partial charge on any atom is 0.123 e. The summed E-state index contributed by atoms with van der Waals surface area (Å²) in [5, 5.41) is 0.846. The Morgan fingerprint density at radius 1 is 0.882 bits per heavy atom. The number of benzene rings is 2. The molecule has 82 valence electrons. The van der Waals surface area contributed by atoms with Crippen molar-refractivity contribution >= 4 is 10.9 Å². The van der Waals surface area contributed by atoms with Gasteiger partial charge in [-0.1, -0.05) is 30.3 Å². The molecule has 0 amide bonds. The Kier molecular flexibility index (Phi) is 2.33. The number of pyridine rings is 1. The van der Waals surface area contributed by atoms with Gasteiger partial charge in [-0.25, -0.2) is 4.39 Å². The summed E-state index contributed by atoms with van der Waals surface area (Å²) in [7, 11) is 0. The fourth-order valence-corrected chi connectivity index (χ4v) is 1.99. The molecule has 0 radical (unpaired) electrons. The Morgan fingerprint density at radius 2 is 1.71 bits per heavy atom. The molecule has 3 rings (SSSR count). The van der Waals surface area contributed by atoms with E-state index in [0.29, 0.717) is 0 Å². The molecule has 0 saturated carbocycles. The first kappa shape index (κ1) is 9.97. The molecular weight excluding hydrogens is 213 g/mol. The zero-order valence-electron chi connectivity index (χ0n) is 9.10. The quantitative estimate of drug-likeness (QED) is 0.606. The van der Waals surface area contributed by atoms with Gasteiger partial charge in [0.05, 0.1) is 5.52 Å². The number of fused-ring (bicyclic) bond motifs is 1. The van der Waals surface area contributed by atoms with Crippen molar-refractivity contribution in [3.63, 3.8) is 0 Å². The third-order valence-electron chi connectivity index (χ3n) is 2.79. The summed E-state index contributed by atoms with van der Waals surface area (Å²) in [4.78, 5) is 4.24. The van der Waals surface area contributed by atoms with E-state index in [2.05, 4.69) is 4.98 Å². The standard InChI is InChI=1S/C15H10FN/c16-12-6-7-15-14(10-12)13(8-9-17-15)11-4-2-1-3-5-11/h1-10H. The van der Waals surface area contributed by atoms with Gasteiger partial charge in [0.25, 0.3) is 0 Å². The number of halogens is 1. The van der Waals surface area contributed by atoms with Crippen LogP contribution in [-0.2, 0) is 0 Å². The van der Waals surface area contributed by atoms with Crippen LogP contribution in [0.2, 0.25) is 0 Å². The minimum atomic E-state index is -0.234. The van der Waals surface area contributed by atoms with Crippen molar-refractivity contribution in [2.75, 3.05) is 0 Å². The second-order valence-corrected chi connectivity index (χ2v) is 3.89. The van der Waals surface area contributed by atoms with Gasteiger partial charge in [-0.05, 0) is 35.4 Å². The van der Waals surface area contributed by atoms with Crippen LogP contribution in [0.4, 0.5) is 4.39 Å². The minimum absolute atomic E-state index is 0.234. The van der Waals surface area contributed by atoms with Gasteiger partial charge in [-0.3, -0.25) is 4.98 Å². The lowest BCUT2D eigenvalue weighted by Crippen LogP contribution is -1.85. The molecule has 0 N–H and O–H groups in total. The Balaban J connectivity index is 2.33. The predicted molar refractivity (Wildman–Crippen MR) is 67.1 cm³/mol. The van der Waals surface area contributed by atoms with Crippen molar-refractivity contribution in [1.29, 1.82) is 0 Å². The highest BCUT2D eigenvalue weighted by molar-refractivity contribution is 5.94. The van der Waals surface area contributed by atoms with Crippen molar-refractivity contribution in [2.24, 2.45) is 0 Å². The van der Waals surface area contributed by atoms with E-state index in [1.54, 1.807) is 12.3 Å². The summed E-state index contributed by atoms with van der Waals surface area (Å²) in [6, 6.07) is 16.5. The largest absolute Gasteiger partial charge is 0.256 e. The van der Waals surface area contributed by atoms with E-state index in [0.717, 1.165) is 22.0 Å². The second kappa shape index (κ2) is 3.98. The van der Waals surface area contributed by atoms with Gasteiger partial charge in [0.2, 0.25) is 0 Å². The van der Waals surface area contributed by atoms with Crippen molar-refractivity contribution in [3.8, 4) is 11.1 Å². The molecule has 0 spiro atoms. The molecule has 2 heteroatoms. The van der Waals surface area contributed by atoms with Crippen LogP contribution in [0.3, 0.4) is 0 Å². The molecule has 1 heterocycles. The lowest BCUT2D eigenvalue weighted by molar-refractivity contribution is 0.629. The van der Waals surface area contributed by atoms with E-state index in [9.17, 15) is 4.39 Å². The summed E-state index contributed by atoms with van der Waals surface area (Å²) in [5.41, 5.74) is 2.90. The maximum atomic E-state index is 13.3. The third kappa shape index (κ3) is 1.78. The van der Waals surface area contributed by atoms with Crippen molar-refractivity contribution in [2.45, 2.75) is 0 Å². The SMILES string of the molecule is Fc1ccc2nccc(-c3ccccc3)c2c1. The molecule has 3 aromatic rings. The van der Waals surface area contributed by atoms with Gasteiger partial charge >= 0.3 is 0 Å². The zero-order chi connectivity index (χ0) is 11.7. The highest BCUT2D eigenvalue weighted by atomic mass is 19.1. The summed E-state index contributed by atoms with van der Waals surface area (Å²) in [5.74, 6) is -0.234. The normalized spacial score (nSPS) is 10.6. The van der Waals surface area contributed by atoms with E-state index >= 15 is 0 Å². The first-order valence-electron chi connectivity index (χ1n) is 5.44. The van der Waals surface area contributed by atoms with Crippen molar-refractivity contribution in [3.05, 3.63) is 66.6 Å². The molecule has 0 atom stereocenters. The minimum Gasteiger partial charge on any atom is -0.256 e. The van der Waals surface area contributed by atoms with Crippen LogP contribution >= 0.6 is 0 Å². The molecular formula is C15H10FN. The van der Waals surface area contributed by atoms with E-state index in [1.807, 2.05) is 36.4 Å². The summed E-state index contributed by atoms with van der Waals surface area (Å²) in [6.07, 6.45) is 1.75. The molecule has 0 aliphatic carbocycles. The molecule has 0 fully saturated rings. The molecule has 17 heavy (non-hydrogen) atoms. The number of rotatable bonds is 1. The molecule has 1 aromatic heterocycles. The number of nitrogens with zero attached hydrogens (tertiary/aromatic N) is 1. The monoisotopic (exact) mass is 223 g/mol. The average molecular weight is 223 g/mol. The fraction of sp³-hybridized carbons (Fsp3) is 0. The topological polar surface area (TPSA) is 12.9 Å². The fourth-order valence-electron chi connectivity index (χ4n) is 1.99. The molecule has 0 saturated heterocycles. The highest BCUT2D eigenvalue weighted by Crippen LogP contribution is 2.27. The average Bonchev–Trinajstić information content (AvgIpc) is 2.39. The number of aromatic nitrogens is 1. The predicted octanol–water partition coefficient (Wildman–Crippen LogP) is 4.04. The molecule has 0 aliphatic heterocycles. The Morgan fingerprint density at radius 3 is 2.53 bits per heavy atom. The Bertz CT molecular complexity index is 662. The molecule has 0 bridgehead atoms.